The van der Waals surface area contributed by atoms with Crippen molar-refractivity contribution in [1.82, 2.24) is 0 Å². The van der Waals surface area contributed by atoms with Crippen LogP contribution < -0.4 is 4.74 Å². The lowest BCUT2D eigenvalue weighted by atomic mass is 10.0. The summed E-state index contributed by atoms with van der Waals surface area (Å²) in [5.74, 6) is 1.03. The van der Waals surface area contributed by atoms with Gasteiger partial charge in [-0.25, -0.2) is 0 Å². The third kappa shape index (κ3) is 8.43. The molecule has 0 saturated carbocycles. The van der Waals surface area contributed by atoms with Gasteiger partial charge in [0.15, 0.2) is 0 Å². The van der Waals surface area contributed by atoms with Crippen LogP contribution in [0.25, 0.3) is 0 Å². The van der Waals surface area contributed by atoms with Crippen LogP contribution in [0, 0.1) is 0 Å². The number of rotatable bonds is 13. The van der Waals surface area contributed by atoms with Gasteiger partial charge in [0.05, 0.1) is 6.10 Å². The van der Waals surface area contributed by atoms with E-state index in [0.29, 0.717) is 6.61 Å². The van der Waals surface area contributed by atoms with Crippen LogP contribution in [0.1, 0.15) is 71.3 Å². The molecule has 1 aromatic carbocycles. The maximum atomic E-state index is 5.97. The smallest absolute Gasteiger partial charge is 0.122 e. The lowest BCUT2D eigenvalue weighted by Crippen LogP contribution is -2.18. The SMILES string of the molecule is CCCCCCCCc1ccccc1OCC(C)OCCC. The van der Waals surface area contributed by atoms with Gasteiger partial charge in [-0.1, -0.05) is 64.2 Å². The number of hydrogen-bond acceptors (Lipinski definition) is 2. The number of unbranched alkanes of at least 4 members (excludes halogenated alkanes) is 5. The van der Waals surface area contributed by atoms with E-state index in [-0.39, 0.29) is 6.10 Å². The Labute approximate surface area is 137 Å². The topological polar surface area (TPSA) is 18.5 Å². The Morgan fingerprint density at radius 2 is 1.64 bits per heavy atom. The van der Waals surface area contributed by atoms with E-state index in [4.69, 9.17) is 9.47 Å². The van der Waals surface area contributed by atoms with Crippen molar-refractivity contribution in [2.45, 2.75) is 78.2 Å². The Hall–Kier alpha value is -1.02. The molecule has 0 aliphatic heterocycles. The zero-order valence-electron chi connectivity index (χ0n) is 14.8. The van der Waals surface area contributed by atoms with Gasteiger partial charge in [-0.2, -0.15) is 0 Å². The molecule has 0 fully saturated rings. The van der Waals surface area contributed by atoms with Crippen molar-refractivity contribution in [3.63, 3.8) is 0 Å². The third-order valence-corrected chi connectivity index (χ3v) is 3.85. The first-order chi connectivity index (χ1) is 10.8. The molecule has 22 heavy (non-hydrogen) atoms. The van der Waals surface area contributed by atoms with Gasteiger partial charge in [-0.15, -0.1) is 0 Å². The Balaban J connectivity index is 2.31. The van der Waals surface area contributed by atoms with Crippen molar-refractivity contribution in [2.75, 3.05) is 13.2 Å². The highest BCUT2D eigenvalue weighted by Crippen LogP contribution is 2.21. The van der Waals surface area contributed by atoms with Crippen LogP contribution in [0.3, 0.4) is 0 Å². The van der Waals surface area contributed by atoms with Gasteiger partial charge in [0.25, 0.3) is 0 Å². The van der Waals surface area contributed by atoms with Crippen molar-refractivity contribution < 1.29 is 9.47 Å². The van der Waals surface area contributed by atoms with Crippen molar-refractivity contribution >= 4 is 0 Å². The molecule has 0 spiro atoms. The molecule has 0 saturated heterocycles. The summed E-state index contributed by atoms with van der Waals surface area (Å²) >= 11 is 0. The quantitative estimate of drug-likeness (QED) is 0.430. The van der Waals surface area contributed by atoms with Crippen molar-refractivity contribution in [1.29, 1.82) is 0 Å². The highest BCUT2D eigenvalue weighted by atomic mass is 16.5. The van der Waals surface area contributed by atoms with Gasteiger partial charge >= 0.3 is 0 Å². The number of para-hydroxylation sites is 1. The first-order valence-corrected chi connectivity index (χ1v) is 9.10. The van der Waals surface area contributed by atoms with Crippen molar-refractivity contribution in [3.8, 4) is 5.75 Å². The molecule has 1 rings (SSSR count). The summed E-state index contributed by atoms with van der Waals surface area (Å²) in [6.45, 7) is 7.91. The molecule has 0 heterocycles. The van der Waals surface area contributed by atoms with Gasteiger partial charge in [0, 0.05) is 6.61 Å². The molecular formula is C20H34O2. The lowest BCUT2D eigenvalue weighted by molar-refractivity contribution is 0.0325. The summed E-state index contributed by atoms with van der Waals surface area (Å²) in [4.78, 5) is 0. The summed E-state index contributed by atoms with van der Waals surface area (Å²) in [5, 5.41) is 0. The van der Waals surface area contributed by atoms with Crippen LogP contribution in [0.4, 0.5) is 0 Å². The molecule has 0 radical (unpaired) electrons. The molecule has 0 aromatic heterocycles. The lowest BCUT2D eigenvalue weighted by Gasteiger charge is -2.16. The molecule has 126 valence electrons. The minimum atomic E-state index is 0.155. The van der Waals surface area contributed by atoms with Crippen LogP contribution in [0.15, 0.2) is 24.3 Å². The molecule has 0 N–H and O–H groups in total. The predicted octanol–water partition coefficient (Wildman–Crippen LogP) is 5.78. The molecule has 1 unspecified atom stereocenters. The predicted molar refractivity (Wildman–Crippen MR) is 94.7 cm³/mol. The summed E-state index contributed by atoms with van der Waals surface area (Å²) in [7, 11) is 0. The zero-order chi connectivity index (χ0) is 16.0. The molecular weight excluding hydrogens is 272 g/mol. The first-order valence-electron chi connectivity index (χ1n) is 9.10. The van der Waals surface area contributed by atoms with Crippen LogP contribution in [-0.2, 0) is 11.2 Å². The number of ether oxygens (including phenoxy) is 2. The van der Waals surface area contributed by atoms with Gasteiger partial charge in [0.1, 0.15) is 12.4 Å². The van der Waals surface area contributed by atoms with E-state index < -0.39 is 0 Å². The van der Waals surface area contributed by atoms with E-state index in [0.717, 1.165) is 25.2 Å². The Morgan fingerprint density at radius 1 is 0.909 bits per heavy atom. The maximum Gasteiger partial charge on any atom is 0.122 e. The van der Waals surface area contributed by atoms with Gasteiger partial charge in [0.2, 0.25) is 0 Å². The fourth-order valence-electron chi connectivity index (χ4n) is 2.52. The second kappa shape index (κ2) is 12.5. The molecule has 0 aliphatic rings. The molecule has 0 amide bonds. The van der Waals surface area contributed by atoms with Gasteiger partial charge < -0.3 is 9.47 Å². The number of aryl methyl sites for hydroxylation is 1. The minimum Gasteiger partial charge on any atom is -0.491 e. The first kappa shape index (κ1) is 19.0. The van der Waals surface area contributed by atoms with Crippen LogP contribution in [0.2, 0.25) is 0 Å². The van der Waals surface area contributed by atoms with Crippen LogP contribution in [-0.4, -0.2) is 19.3 Å². The average molecular weight is 306 g/mol. The summed E-state index contributed by atoms with van der Waals surface area (Å²) in [5.41, 5.74) is 1.33. The molecule has 0 bridgehead atoms. The number of benzene rings is 1. The second-order valence-electron chi connectivity index (χ2n) is 6.12. The Bertz CT molecular complexity index is 376. The second-order valence-corrected chi connectivity index (χ2v) is 6.12. The standard InChI is InChI=1S/C20H34O2/c1-4-6-7-8-9-10-13-19-14-11-12-15-20(19)22-17-18(3)21-16-5-2/h11-12,14-15,18H,4-10,13,16-17H2,1-3H3. The highest BCUT2D eigenvalue weighted by molar-refractivity contribution is 5.33. The normalized spacial score (nSPS) is 12.3. The summed E-state index contributed by atoms with van der Waals surface area (Å²) in [6.07, 6.45) is 10.3. The third-order valence-electron chi connectivity index (χ3n) is 3.85. The van der Waals surface area contributed by atoms with Crippen LogP contribution in [0.5, 0.6) is 5.75 Å². The van der Waals surface area contributed by atoms with E-state index >= 15 is 0 Å². The summed E-state index contributed by atoms with van der Waals surface area (Å²) in [6, 6.07) is 8.44. The minimum absolute atomic E-state index is 0.155. The van der Waals surface area contributed by atoms with Gasteiger partial charge in [-0.05, 0) is 37.8 Å². The number of hydrogen-bond donors (Lipinski definition) is 0. The largest absolute Gasteiger partial charge is 0.491 e. The maximum absolute atomic E-state index is 5.97. The van der Waals surface area contributed by atoms with E-state index in [1.807, 2.05) is 0 Å². The highest BCUT2D eigenvalue weighted by Gasteiger charge is 2.06. The van der Waals surface area contributed by atoms with E-state index in [1.165, 1.54) is 44.1 Å². The molecule has 1 atom stereocenters. The monoisotopic (exact) mass is 306 g/mol. The van der Waals surface area contributed by atoms with Crippen molar-refractivity contribution in [2.24, 2.45) is 0 Å². The van der Waals surface area contributed by atoms with Gasteiger partial charge in [-0.3, -0.25) is 0 Å². The Morgan fingerprint density at radius 3 is 2.41 bits per heavy atom. The van der Waals surface area contributed by atoms with Crippen molar-refractivity contribution in [3.05, 3.63) is 29.8 Å². The fourth-order valence-corrected chi connectivity index (χ4v) is 2.52. The molecule has 2 heteroatoms. The van der Waals surface area contributed by atoms with E-state index in [2.05, 4.69) is 45.0 Å². The van der Waals surface area contributed by atoms with Crippen LogP contribution >= 0.6 is 0 Å². The average Bonchev–Trinajstić information content (AvgIpc) is 2.55. The fraction of sp³-hybridized carbons (Fsp3) is 0.700. The van der Waals surface area contributed by atoms with E-state index in [1.54, 1.807) is 0 Å². The zero-order valence-corrected chi connectivity index (χ0v) is 14.8. The Kier molecular flexibility index (Phi) is 10.8. The molecule has 0 aliphatic carbocycles. The summed E-state index contributed by atoms with van der Waals surface area (Å²) < 4.78 is 11.6. The molecule has 1 aromatic rings. The van der Waals surface area contributed by atoms with E-state index in [9.17, 15) is 0 Å². The molecule has 2 nitrogen and oxygen atoms in total.